The van der Waals surface area contributed by atoms with Gasteiger partial charge in [0.05, 0.1) is 6.26 Å². The van der Waals surface area contributed by atoms with Crippen molar-refractivity contribution in [1.29, 1.82) is 0 Å². The van der Waals surface area contributed by atoms with E-state index in [2.05, 4.69) is 0 Å². The summed E-state index contributed by atoms with van der Waals surface area (Å²) in [6.07, 6.45) is 1.70. The van der Waals surface area contributed by atoms with Crippen LogP contribution in [0.1, 0.15) is 12.5 Å². The highest BCUT2D eigenvalue weighted by molar-refractivity contribution is 5.82. The van der Waals surface area contributed by atoms with Crippen LogP contribution in [-0.2, 0) is 11.2 Å². The molecule has 0 aliphatic heterocycles. The van der Waals surface area contributed by atoms with Gasteiger partial charge in [-0.1, -0.05) is 0 Å². The van der Waals surface area contributed by atoms with E-state index in [0.29, 0.717) is 10.9 Å². The quantitative estimate of drug-likeness (QED) is 0.732. The first kappa shape index (κ1) is 8.94. The third kappa shape index (κ3) is 1.53. The van der Waals surface area contributed by atoms with E-state index in [1.807, 2.05) is 0 Å². The summed E-state index contributed by atoms with van der Waals surface area (Å²) in [5.74, 6) is -0.393. The van der Waals surface area contributed by atoms with Crippen molar-refractivity contribution >= 4 is 16.8 Å². The van der Waals surface area contributed by atoms with Crippen LogP contribution in [0.15, 0.2) is 28.9 Å². The SMILES string of the molecule is CC(=O)Cc1cc(F)c2occc2c1. The molecule has 0 bridgehead atoms. The third-order valence-electron chi connectivity index (χ3n) is 2.02. The van der Waals surface area contributed by atoms with Gasteiger partial charge in [0.2, 0.25) is 0 Å². The molecule has 1 aromatic heterocycles. The van der Waals surface area contributed by atoms with Gasteiger partial charge < -0.3 is 4.42 Å². The number of benzene rings is 1. The largest absolute Gasteiger partial charge is 0.461 e. The van der Waals surface area contributed by atoms with Crippen LogP contribution in [0.2, 0.25) is 0 Å². The molecule has 0 fully saturated rings. The monoisotopic (exact) mass is 192 g/mol. The highest BCUT2D eigenvalue weighted by Crippen LogP contribution is 2.21. The van der Waals surface area contributed by atoms with Crippen molar-refractivity contribution in [3.63, 3.8) is 0 Å². The smallest absolute Gasteiger partial charge is 0.169 e. The Hall–Kier alpha value is -1.64. The highest BCUT2D eigenvalue weighted by atomic mass is 19.1. The van der Waals surface area contributed by atoms with Crippen LogP contribution in [-0.4, -0.2) is 5.78 Å². The van der Waals surface area contributed by atoms with Crippen LogP contribution in [0.5, 0.6) is 0 Å². The van der Waals surface area contributed by atoms with E-state index in [-0.39, 0.29) is 17.8 Å². The standard InChI is InChI=1S/C11H9FO2/c1-7(13)4-8-5-9-2-3-14-11(9)10(12)6-8/h2-3,5-6H,4H2,1H3. The second-order valence-electron chi connectivity index (χ2n) is 3.30. The molecule has 0 saturated carbocycles. The summed E-state index contributed by atoms with van der Waals surface area (Å²) in [5.41, 5.74) is 0.932. The van der Waals surface area contributed by atoms with Gasteiger partial charge in [0.25, 0.3) is 0 Å². The van der Waals surface area contributed by atoms with Gasteiger partial charge in [0, 0.05) is 11.8 Å². The summed E-state index contributed by atoms with van der Waals surface area (Å²) in [6.45, 7) is 1.48. The minimum atomic E-state index is -0.413. The molecule has 0 aliphatic rings. The van der Waals surface area contributed by atoms with Gasteiger partial charge in [-0.2, -0.15) is 0 Å². The lowest BCUT2D eigenvalue weighted by atomic mass is 10.1. The van der Waals surface area contributed by atoms with Gasteiger partial charge in [-0.05, 0) is 30.7 Å². The Morgan fingerprint density at radius 2 is 2.29 bits per heavy atom. The van der Waals surface area contributed by atoms with Crippen LogP contribution in [0.4, 0.5) is 4.39 Å². The molecule has 0 amide bonds. The van der Waals surface area contributed by atoms with Crippen molar-refractivity contribution in [3.8, 4) is 0 Å². The van der Waals surface area contributed by atoms with Crippen molar-refractivity contribution < 1.29 is 13.6 Å². The van der Waals surface area contributed by atoms with E-state index in [1.54, 1.807) is 12.1 Å². The Morgan fingerprint density at radius 3 is 3.00 bits per heavy atom. The zero-order chi connectivity index (χ0) is 10.1. The van der Waals surface area contributed by atoms with Crippen molar-refractivity contribution in [3.05, 3.63) is 35.8 Å². The topological polar surface area (TPSA) is 30.2 Å². The Labute approximate surface area is 80.3 Å². The van der Waals surface area contributed by atoms with Gasteiger partial charge in [0.1, 0.15) is 5.78 Å². The van der Waals surface area contributed by atoms with Crippen LogP contribution in [0.25, 0.3) is 11.0 Å². The summed E-state index contributed by atoms with van der Waals surface area (Å²) >= 11 is 0. The Bertz CT molecular complexity index is 485. The minimum absolute atomic E-state index is 0.0206. The maximum atomic E-state index is 13.3. The molecule has 0 radical (unpaired) electrons. The van der Waals surface area contributed by atoms with Crippen molar-refractivity contribution in [1.82, 2.24) is 0 Å². The third-order valence-corrected chi connectivity index (χ3v) is 2.02. The molecule has 2 nitrogen and oxygen atoms in total. The van der Waals surface area contributed by atoms with Crippen LogP contribution >= 0.6 is 0 Å². The molecule has 0 N–H and O–H groups in total. The predicted molar refractivity (Wildman–Crippen MR) is 50.6 cm³/mol. The van der Waals surface area contributed by atoms with Gasteiger partial charge >= 0.3 is 0 Å². The first-order chi connectivity index (χ1) is 6.66. The number of Topliss-reactive ketones (excluding diaryl/α,β-unsaturated/α-hetero) is 1. The predicted octanol–water partition coefficient (Wildman–Crippen LogP) is 2.70. The maximum Gasteiger partial charge on any atom is 0.169 e. The number of hydrogen-bond acceptors (Lipinski definition) is 2. The molecule has 1 aromatic carbocycles. The number of rotatable bonds is 2. The Kier molecular flexibility index (Phi) is 2.08. The van der Waals surface area contributed by atoms with Crippen molar-refractivity contribution in [2.45, 2.75) is 13.3 Å². The molecule has 14 heavy (non-hydrogen) atoms. The molecule has 0 saturated heterocycles. The molecule has 0 aliphatic carbocycles. The molecule has 72 valence electrons. The van der Waals surface area contributed by atoms with Crippen molar-refractivity contribution in [2.75, 3.05) is 0 Å². The average Bonchev–Trinajstić information content (AvgIpc) is 2.50. The van der Waals surface area contributed by atoms with Gasteiger partial charge in [0.15, 0.2) is 11.4 Å². The average molecular weight is 192 g/mol. The molecule has 0 unspecified atom stereocenters. The van der Waals surface area contributed by atoms with Gasteiger partial charge in [-0.3, -0.25) is 4.79 Å². The summed E-state index contributed by atoms with van der Waals surface area (Å²) in [7, 11) is 0. The van der Waals surface area contributed by atoms with E-state index in [9.17, 15) is 9.18 Å². The lowest BCUT2D eigenvalue weighted by molar-refractivity contribution is -0.116. The second kappa shape index (κ2) is 3.25. The fraction of sp³-hybridized carbons (Fsp3) is 0.182. The maximum absolute atomic E-state index is 13.3. The number of carbonyl (C=O) groups excluding carboxylic acids is 1. The fourth-order valence-corrected chi connectivity index (χ4v) is 1.49. The molecule has 2 aromatic rings. The number of hydrogen-bond donors (Lipinski definition) is 0. The van der Waals surface area contributed by atoms with E-state index in [1.165, 1.54) is 19.3 Å². The number of furan rings is 1. The van der Waals surface area contributed by atoms with E-state index in [4.69, 9.17) is 4.42 Å². The highest BCUT2D eigenvalue weighted by Gasteiger charge is 2.07. The summed E-state index contributed by atoms with van der Waals surface area (Å²) in [5, 5.41) is 0.696. The molecule has 3 heteroatoms. The molecular formula is C11H9FO2. The van der Waals surface area contributed by atoms with Crippen LogP contribution in [0.3, 0.4) is 0 Å². The summed E-state index contributed by atoms with van der Waals surface area (Å²) in [4.78, 5) is 10.9. The van der Waals surface area contributed by atoms with Crippen LogP contribution < -0.4 is 0 Å². The van der Waals surface area contributed by atoms with E-state index >= 15 is 0 Å². The zero-order valence-corrected chi connectivity index (χ0v) is 7.71. The lowest BCUT2D eigenvalue weighted by Gasteiger charge is -1.98. The van der Waals surface area contributed by atoms with Crippen LogP contribution in [0, 0.1) is 5.82 Å². The molecule has 0 atom stereocenters. The fourth-order valence-electron chi connectivity index (χ4n) is 1.49. The minimum Gasteiger partial charge on any atom is -0.461 e. The second-order valence-corrected chi connectivity index (χ2v) is 3.30. The van der Waals surface area contributed by atoms with E-state index < -0.39 is 5.82 Å². The normalized spacial score (nSPS) is 10.7. The molecular weight excluding hydrogens is 183 g/mol. The Morgan fingerprint density at radius 1 is 1.50 bits per heavy atom. The van der Waals surface area contributed by atoms with Gasteiger partial charge in [-0.15, -0.1) is 0 Å². The van der Waals surface area contributed by atoms with E-state index in [0.717, 1.165) is 0 Å². The summed E-state index contributed by atoms with van der Waals surface area (Å²) < 4.78 is 18.3. The first-order valence-corrected chi connectivity index (χ1v) is 4.32. The number of carbonyl (C=O) groups is 1. The number of ketones is 1. The first-order valence-electron chi connectivity index (χ1n) is 4.32. The lowest BCUT2D eigenvalue weighted by Crippen LogP contribution is -1.96. The number of halogens is 1. The van der Waals surface area contributed by atoms with Crippen molar-refractivity contribution in [2.24, 2.45) is 0 Å². The Balaban J connectivity index is 2.53. The molecule has 0 spiro atoms. The molecule has 2 rings (SSSR count). The number of fused-ring (bicyclic) bond motifs is 1. The zero-order valence-electron chi connectivity index (χ0n) is 7.71. The summed E-state index contributed by atoms with van der Waals surface area (Å²) in [6, 6.07) is 4.79. The molecule has 1 heterocycles. The van der Waals surface area contributed by atoms with Gasteiger partial charge in [-0.25, -0.2) is 4.39 Å².